The number of aryl methyl sites for hydroxylation is 1. The number of imide groups is 1. The van der Waals surface area contributed by atoms with Gasteiger partial charge in [0.05, 0.1) is 11.9 Å². The maximum atomic E-state index is 12.0. The SMILES string of the molecule is CCn1cc(NC(C)C(=O)NC(=O)NCc2ccccc2)cn1. The Bertz CT molecular complexity index is 654. The molecule has 0 radical (unpaired) electrons. The molecule has 23 heavy (non-hydrogen) atoms. The first-order valence-electron chi connectivity index (χ1n) is 7.50. The second-order valence-corrected chi connectivity index (χ2v) is 5.11. The highest BCUT2D eigenvalue weighted by molar-refractivity contribution is 5.97. The highest BCUT2D eigenvalue weighted by atomic mass is 16.2. The largest absolute Gasteiger partial charge is 0.371 e. The van der Waals surface area contributed by atoms with Gasteiger partial charge in [-0.15, -0.1) is 0 Å². The molecule has 1 heterocycles. The van der Waals surface area contributed by atoms with Gasteiger partial charge in [-0.25, -0.2) is 4.79 Å². The quantitative estimate of drug-likeness (QED) is 0.757. The molecule has 7 nitrogen and oxygen atoms in total. The smallest absolute Gasteiger partial charge is 0.321 e. The van der Waals surface area contributed by atoms with Crippen molar-refractivity contribution in [3.63, 3.8) is 0 Å². The van der Waals surface area contributed by atoms with Gasteiger partial charge < -0.3 is 10.6 Å². The molecule has 1 aromatic carbocycles. The van der Waals surface area contributed by atoms with Crippen LogP contribution in [0.5, 0.6) is 0 Å². The molecule has 0 aliphatic carbocycles. The average Bonchev–Trinajstić information content (AvgIpc) is 3.01. The number of nitrogens with zero attached hydrogens (tertiary/aromatic N) is 2. The van der Waals surface area contributed by atoms with E-state index in [4.69, 9.17) is 0 Å². The van der Waals surface area contributed by atoms with Gasteiger partial charge in [0.15, 0.2) is 0 Å². The highest BCUT2D eigenvalue weighted by Crippen LogP contribution is 2.06. The molecular formula is C16H21N5O2. The van der Waals surface area contributed by atoms with E-state index in [9.17, 15) is 9.59 Å². The summed E-state index contributed by atoms with van der Waals surface area (Å²) in [6.45, 7) is 4.78. The Morgan fingerprint density at radius 3 is 2.65 bits per heavy atom. The number of hydrogen-bond donors (Lipinski definition) is 3. The van der Waals surface area contributed by atoms with Crippen LogP contribution in [0.25, 0.3) is 0 Å². The molecular weight excluding hydrogens is 294 g/mol. The van der Waals surface area contributed by atoms with Gasteiger partial charge in [-0.05, 0) is 19.4 Å². The topological polar surface area (TPSA) is 88.0 Å². The van der Waals surface area contributed by atoms with Crippen LogP contribution in [0.15, 0.2) is 42.7 Å². The summed E-state index contributed by atoms with van der Waals surface area (Å²) < 4.78 is 1.75. The van der Waals surface area contributed by atoms with E-state index in [1.165, 1.54) is 0 Å². The first-order chi connectivity index (χ1) is 11.1. The minimum atomic E-state index is -0.549. The lowest BCUT2D eigenvalue weighted by Crippen LogP contribution is -2.45. The first-order valence-corrected chi connectivity index (χ1v) is 7.50. The minimum Gasteiger partial charge on any atom is -0.371 e. The van der Waals surface area contributed by atoms with Crippen LogP contribution >= 0.6 is 0 Å². The van der Waals surface area contributed by atoms with Crippen LogP contribution in [-0.4, -0.2) is 27.8 Å². The van der Waals surface area contributed by atoms with E-state index in [1.807, 2.05) is 37.3 Å². The number of carbonyl (C=O) groups is 2. The summed E-state index contributed by atoms with van der Waals surface area (Å²) in [6.07, 6.45) is 3.45. The lowest BCUT2D eigenvalue weighted by Gasteiger charge is -2.13. The zero-order valence-electron chi connectivity index (χ0n) is 13.2. The van der Waals surface area contributed by atoms with Crippen LogP contribution < -0.4 is 16.0 Å². The van der Waals surface area contributed by atoms with Crippen molar-refractivity contribution < 1.29 is 9.59 Å². The number of rotatable bonds is 6. The van der Waals surface area contributed by atoms with Gasteiger partial charge in [-0.3, -0.25) is 14.8 Å². The Kier molecular flexibility index (Phi) is 5.74. The van der Waals surface area contributed by atoms with E-state index in [0.29, 0.717) is 6.54 Å². The van der Waals surface area contributed by atoms with Gasteiger partial charge in [-0.1, -0.05) is 30.3 Å². The molecule has 0 aliphatic rings. The number of benzene rings is 1. The number of hydrogen-bond acceptors (Lipinski definition) is 4. The van der Waals surface area contributed by atoms with Crippen LogP contribution in [0.2, 0.25) is 0 Å². The predicted octanol–water partition coefficient (Wildman–Crippen LogP) is 1.73. The molecule has 0 saturated carbocycles. The Morgan fingerprint density at radius 1 is 1.26 bits per heavy atom. The second-order valence-electron chi connectivity index (χ2n) is 5.11. The Balaban J connectivity index is 1.77. The first kappa shape index (κ1) is 16.5. The van der Waals surface area contributed by atoms with E-state index in [2.05, 4.69) is 21.0 Å². The fourth-order valence-corrected chi connectivity index (χ4v) is 1.97. The Hall–Kier alpha value is -2.83. The van der Waals surface area contributed by atoms with Gasteiger partial charge in [0.25, 0.3) is 0 Å². The van der Waals surface area contributed by atoms with Gasteiger partial charge in [0.1, 0.15) is 6.04 Å². The molecule has 0 bridgehead atoms. The second kappa shape index (κ2) is 7.98. The monoisotopic (exact) mass is 315 g/mol. The molecule has 2 aromatic rings. The normalized spacial score (nSPS) is 11.6. The lowest BCUT2D eigenvalue weighted by molar-refractivity contribution is -0.120. The molecule has 0 spiro atoms. The van der Waals surface area contributed by atoms with Crippen LogP contribution in [-0.2, 0) is 17.9 Å². The minimum absolute atomic E-state index is 0.366. The number of amides is 3. The van der Waals surface area contributed by atoms with Crippen LogP contribution in [0.1, 0.15) is 19.4 Å². The molecule has 0 aliphatic heterocycles. The van der Waals surface area contributed by atoms with Crippen molar-refractivity contribution in [1.29, 1.82) is 0 Å². The third kappa shape index (κ3) is 5.14. The molecule has 0 fully saturated rings. The van der Waals surface area contributed by atoms with E-state index in [-0.39, 0.29) is 0 Å². The van der Waals surface area contributed by atoms with E-state index < -0.39 is 18.0 Å². The Morgan fingerprint density at radius 2 is 2.00 bits per heavy atom. The van der Waals surface area contributed by atoms with Crippen molar-refractivity contribution in [2.24, 2.45) is 0 Å². The van der Waals surface area contributed by atoms with Crippen molar-refractivity contribution in [3.8, 4) is 0 Å². The van der Waals surface area contributed by atoms with Crippen LogP contribution in [0, 0.1) is 0 Å². The van der Waals surface area contributed by atoms with E-state index in [0.717, 1.165) is 17.8 Å². The third-order valence-corrected chi connectivity index (χ3v) is 3.27. The number of carbonyl (C=O) groups excluding carboxylic acids is 2. The van der Waals surface area contributed by atoms with Gasteiger partial charge >= 0.3 is 6.03 Å². The summed E-state index contributed by atoms with van der Waals surface area (Å²) in [5, 5.41) is 12.1. The van der Waals surface area contributed by atoms with Crippen molar-refractivity contribution in [2.45, 2.75) is 33.0 Å². The number of urea groups is 1. The zero-order valence-corrected chi connectivity index (χ0v) is 13.2. The number of aromatic nitrogens is 2. The number of anilines is 1. The molecule has 3 amide bonds. The molecule has 122 valence electrons. The molecule has 7 heteroatoms. The maximum absolute atomic E-state index is 12.0. The van der Waals surface area contributed by atoms with Gasteiger partial charge in [-0.2, -0.15) is 5.10 Å². The predicted molar refractivity (Wildman–Crippen MR) is 87.8 cm³/mol. The fourth-order valence-electron chi connectivity index (χ4n) is 1.97. The molecule has 1 aromatic heterocycles. The maximum Gasteiger partial charge on any atom is 0.321 e. The number of nitrogens with one attached hydrogen (secondary N) is 3. The summed E-state index contributed by atoms with van der Waals surface area (Å²) in [6, 6.07) is 8.42. The van der Waals surface area contributed by atoms with Crippen LogP contribution in [0.4, 0.5) is 10.5 Å². The molecule has 0 saturated heterocycles. The van der Waals surface area contributed by atoms with Crippen molar-refractivity contribution in [2.75, 3.05) is 5.32 Å². The van der Waals surface area contributed by atoms with E-state index in [1.54, 1.807) is 24.0 Å². The summed E-state index contributed by atoms with van der Waals surface area (Å²) in [5.74, 6) is -0.403. The average molecular weight is 315 g/mol. The fraction of sp³-hybridized carbons (Fsp3) is 0.312. The van der Waals surface area contributed by atoms with Gasteiger partial charge in [0.2, 0.25) is 5.91 Å². The van der Waals surface area contributed by atoms with E-state index >= 15 is 0 Å². The zero-order chi connectivity index (χ0) is 16.7. The highest BCUT2D eigenvalue weighted by Gasteiger charge is 2.16. The lowest BCUT2D eigenvalue weighted by atomic mass is 10.2. The Labute approximate surface area is 135 Å². The summed E-state index contributed by atoms with van der Waals surface area (Å²) in [5.41, 5.74) is 1.70. The summed E-state index contributed by atoms with van der Waals surface area (Å²) >= 11 is 0. The van der Waals surface area contributed by atoms with Gasteiger partial charge in [0, 0.05) is 19.3 Å². The standard InChI is InChI=1S/C16H21N5O2/c1-3-21-11-14(10-18-21)19-12(2)15(22)20-16(23)17-9-13-7-5-4-6-8-13/h4-8,10-12,19H,3,9H2,1-2H3,(H2,17,20,22,23). The molecule has 1 unspecified atom stereocenters. The third-order valence-electron chi connectivity index (χ3n) is 3.27. The summed E-state index contributed by atoms with van der Waals surface area (Å²) in [4.78, 5) is 23.7. The van der Waals surface area contributed by atoms with Crippen molar-refractivity contribution >= 4 is 17.6 Å². The van der Waals surface area contributed by atoms with Crippen molar-refractivity contribution in [1.82, 2.24) is 20.4 Å². The molecule has 1 atom stereocenters. The summed E-state index contributed by atoms with van der Waals surface area (Å²) in [7, 11) is 0. The van der Waals surface area contributed by atoms with Crippen LogP contribution in [0.3, 0.4) is 0 Å². The molecule has 3 N–H and O–H groups in total. The molecule has 2 rings (SSSR count). The van der Waals surface area contributed by atoms with Crippen molar-refractivity contribution in [3.05, 3.63) is 48.3 Å².